The Kier molecular flexibility index (Phi) is 12.9. The molecule has 0 bridgehead atoms. The van der Waals surface area contributed by atoms with Crippen LogP contribution in [0.1, 0.15) is 104 Å². The molecule has 0 saturated heterocycles. The molecule has 0 radical (unpaired) electrons. The minimum atomic E-state index is 0.901. The van der Waals surface area contributed by atoms with Crippen LogP contribution in [0.4, 0.5) is 0 Å². The van der Waals surface area contributed by atoms with Crippen molar-refractivity contribution in [1.82, 2.24) is 0 Å². The Morgan fingerprint density at radius 2 is 1.79 bits per heavy atom. The number of allylic oxidation sites excluding steroid dienone is 6. The van der Waals surface area contributed by atoms with Crippen LogP contribution in [0.15, 0.2) is 36.0 Å². The third kappa shape index (κ3) is 10.2. The third-order valence-corrected chi connectivity index (χ3v) is 5.49. The summed E-state index contributed by atoms with van der Waals surface area (Å²) in [6.45, 7) is 6.96. The summed E-state index contributed by atoms with van der Waals surface area (Å²) >= 11 is 0. The average molecular weight is 331 g/mol. The maximum Gasteiger partial charge on any atom is -0.0286 e. The lowest BCUT2D eigenvalue weighted by molar-refractivity contribution is 0.323. The zero-order valence-corrected chi connectivity index (χ0v) is 16.7. The topological polar surface area (TPSA) is 0 Å². The van der Waals surface area contributed by atoms with E-state index in [4.69, 9.17) is 0 Å². The van der Waals surface area contributed by atoms with Crippen LogP contribution in [0.2, 0.25) is 0 Å². The Bertz CT molecular complexity index is 371. The molecule has 0 aromatic carbocycles. The molecule has 1 aliphatic rings. The molecule has 0 aromatic rings. The fourth-order valence-corrected chi connectivity index (χ4v) is 3.99. The molecule has 0 aliphatic heterocycles. The van der Waals surface area contributed by atoms with Gasteiger partial charge in [-0.25, -0.2) is 0 Å². The molecule has 2 atom stereocenters. The summed E-state index contributed by atoms with van der Waals surface area (Å²) in [5.41, 5.74) is 1.72. The van der Waals surface area contributed by atoms with Crippen LogP contribution in [0.25, 0.3) is 0 Å². The van der Waals surface area contributed by atoms with E-state index < -0.39 is 0 Å². The SMILES string of the molecule is CC/C=C\CC(CCC/C1=C/CC/C=C\CC1)CC(CC)CCC. The van der Waals surface area contributed by atoms with Crippen molar-refractivity contribution in [2.45, 2.75) is 104 Å². The molecule has 0 heteroatoms. The van der Waals surface area contributed by atoms with Gasteiger partial charge in [0.05, 0.1) is 0 Å². The van der Waals surface area contributed by atoms with Gasteiger partial charge in [0.25, 0.3) is 0 Å². The predicted octanol–water partition coefficient (Wildman–Crippen LogP) is 8.40. The lowest BCUT2D eigenvalue weighted by Crippen LogP contribution is -2.08. The summed E-state index contributed by atoms with van der Waals surface area (Å²) in [4.78, 5) is 0. The van der Waals surface area contributed by atoms with Crippen molar-refractivity contribution in [3.8, 4) is 0 Å². The molecule has 1 rings (SSSR count). The zero-order valence-electron chi connectivity index (χ0n) is 16.7. The van der Waals surface area contributed by atoms with Crippen LogP contribution in [0.5, 0.6) is 0 Å². The summed E-state index contributed by atoms with van der Waals surface area (Å²) in [7, 11) is 0. The summed E-state index contributed by atoms with van der Waals surface area (Å²) in [5, 5.41) is 0. The fraction of sp³-hybridized carbons (Fsp3) is 0.750. The molecule has 0 fully saturated rings. The summed E-state index contributed by atoms with van der Waals surface area (Å²) in [6.07, 6.45) is 29.3. The van der Waals surface area contributed by atoms with Crippen molar-refractivity contribution in [3.63, 3.8) is 0 Å². The Balaban J connectivity index is 2.43. The standard InChI is InChI=1S/C24H42/c1-4-7-11-18-24(21-22(6-3)15-5-2)20-14-19-23-16-12-9-8-10-13-17-23/h7-9,11,17,22,24H,4-6,10,12-16,18-21H2,1-3H3/b9-8-,11-7-,23-17+. The second kappa shape index (κ2) is 14.6. The van der Waals surface area contributed by atoms with Crippen molar-refractivity contribution in [3.05, 3.63) is 36.0 Å². The lowest BCUT2D eigenvalue weighted by Gasteiger charge is -2.22. The molecule has 138 valence electrons. The van der Waals surface area contributed by atoms with Gasteiger partial charge in [0, 0.05) is 0 Å². The van der Waals surface area contributed by atoms with Crippen LogP contribution in [0, 0.1) is 11.8 Å². The zero-order chi connectivity index (χ0) is 17.5. The normalized spacial score (nSPS) is 21.7. The van der Waals surface area contributed by atoms with Gasteiger partial charge in [0.15, 0.2) is 0 Å². The first-order valence-corrected chi connectivity index (χ1v) is 10.8. The van der Waals surface area contributed by atoms with E-state index in [2.05, 4.69) is 51.2 Å². The molecule has 2 unspecified atom stereocenters. The molecule has 1 aliphatic carbocycles. The van der Waals surface area contributed by atoms with Crippen LogP contribution < -0.4 is 0 Å². The van der Waals surface area contributed by atoms with Crippen molar-refractivity contribution >= 4 is 0 Å². The number of hydrogen-bond acceptors (Lipinski definition) is 0. The van der Waals surface area contributed by atoms with Gasteiger partial charge < -0.3 is 0 Å². The monoisotopic (exact) mass is 330 g/mol. The van der Waals surface area contributed by atoms with E-state index in [0.29, 0.717) is 0 Å². The van der Waals surface area contributed by atoms with E-state index in [0.717, 1.165) is 11.8 Å². The Morgan fingerprint density at radius 1 is 0.958 bits per heavy atom. The van der Waals surface area contributed by atoms with E-state index >= 15 is 0 Å². The molecule has 0 nitrogen and oxygen atoms in total. The maximum absolute atomic E-state index is 2.53. The Hall–Kier alpha value is -0.780. The van der Waals surface area contributed by atoms with E-state index in [-0.39, 0.29) is 0 Å². The second-order valence-electron chi connectivity index (χ2n) is 7.62. The Morgan fingerprint density at radius 3 is 2.54 bits per heavy atom. The first kappa shape index (κ1) is 21.3. The van der Waals surface area contributed by atoms with E-state index in [9.17, 15) is 0 Å². The third-order valence-electron chi connectivity index (χ3n) is 5.49. The summed E-state index contributed by atoms with van der Waals surface area (Å²) in [5.74, 6) is 1.85. The van der Waals surface area contributed by atoms with Crippen molar-refractivity contribution in [1.29, 1.82) is 0 Å². The summed E-state index contributed by atoms with van der Waals surface area (Å²) in [6, 6.07) is 0. The number of rotatable bonds is 12. The highest BCUT2D eigenvalue weighted by Gasteiger charge is 2.14. The lowest BCUT2D eigenvalue weighted by atomic mass is 9.84. The largest absolute Gasteiger partial charge is 0.0888 e. The van der Waals surface area contributed by atoms with Crippen molar-refractivity contribution in [2.24, 2.45) is 11.8 Å². The predicted molar refractivity (Wildman–Crippen MR) is 110 cm³/mol. The molecule has 0 heterocycles. The van der Waals surface area contributed by atoms with Gasteiger partial charge in [-0.2, -0.15) is 0 Å². The van der Waals surface area contributed by atoms with Gasteiger partial charge in [0.2, 0.25) is 0 Å². The van der Waals surface area contributed by atoms with E-state index in [1.165, 1.54) is 83.5 Å². The molecule has 0 amide bonds. The van der Waals surface area contributed by atoms with Gasteiger partial charge in [-0.05, 0) is 76.0 Å². The van der Waals surface area contributed by atoms with E-state index in [1.807, 2.05) is 0 Å². The smallest absolute Gasteiger partial charge is 0.0286 e. The average Bonchev–Trinajstić information content (AvgIpc) is 2.56. The van der Waals surface area contributed by atoms with Crippen molar-refractivity contribution < 1.29 is 0 Å². The van der Waals surface area contributed by atoms with Gasteiger partial charge in [-0.3, -0.25) is 0 Å². The van der Waals surface area contributed by atoms with Gasteiger partial charge in [-0.1, -0.05) is 76.0 Å². The highest BCUT2D eigenvalue weighted by molar-refractivity contribution is 5.06. The molecule has 0 N–H and O–H groups in total. The minimum Gasteiger partial charge on any atom is -0.0888 e. The van der Waals surface area contributed by atoms with Crippen molar-refractivity contribution in [2.75, 3.05) is 0 Å². The molecule has 0 spiro atoms. The van der Waals surface area contributed by atoms with E-state index in [1.54, 1.807) is 5.57 Å². The molecule has 0 saturated carbocycles. The van der Waals surface area contributed by atoms with Crippen LogP contribution in [-0.4, -0.2) is 0 Å². The first-order chi connectivity index (χ1) is 11.8. The first-order valence-electron chi connectivity index (χ1n) is 10.8. The van der Waals surface area contributed by atoms with Gasteiger partial charge in [-0.15, -0.1) is 0 Å². The molecule has 0 aromatic heterocycles. The van der Waals surface area contributed by atoms with Crippen LogP contribution >= 0.6 is 0 Å². The maximum atomic E-state index is 2.53. The van der Waals surface area contributed by atoms with Crippen LogP contribution in [-0.2, 0) is 0 Å². The highest BCUT2D eigenvalue weighted by Crippen LogP contribution is 2.28. The number of hydrogen-bond donors (Lipinski definition) is 0. The van der Waals surface area contributed by atoms with Gasteiger partial charge in [0.1, 0.15) is 0 Å². The molecular weight excluding hydrogens is 288 g/mol. The molecule has 24 heavy (non-hydrogen) atoms. The van der Waals surface area contributed by atoms with Gasteiger partial charge >= 0.3 is 0 Å². The second-order valence-corrected chi connectivity index (χ2v) is 7.62. The summed E-state index contributed by atoms with van der Waals surface area (Å²) < 4.78 is 0. The quantitative estimate of drug-likeness (QED) is 0.315. The van der Waals surface area contributed by atoms with Crippen LogP contribution in [0.3, 0.4) is 0 Å². The molecular formula is C24H42. The minimum absolute atomic E-state index is 0.901. The Labute approximate surface area is 152 Å². The fourth-order valence-electron chi connectivity index (χ4n) is 3.99. The highest BCUT2D eigenvalue weighted by atomic mass is 14.2.